The number of nitrogens with zero attached hydrogens (tertiary/aromatic N) is 4. The zero-order chi connectivity index (χ0) is 14.1. The van der Waals surface area contributed by atoms with Gasteiger partial charge in [-0.3, -0.25) is 14.9 Å². The van der Waals surface area contributed by atoms with Gasteiger partial charge in [-0.25, -0.2) is 4.68 Å². The van der Waals surface area contributed by atoms with Crippen molar-refractivity contribution in [3.63, 3.8) is 0 Å². The first-order valence-electron chi connectivity index (χ1n) is 5.69. The van der Waals surface area contributed by atoms with Gasteiger partial charge < -0.3 is 0 Å². The minimum absolute atomic E-state index is 0.0433. The average molecular weight is 288 g/mol. The molecule has 0 unspecified atom stereocenters. The van der Waals surface area contributed by atoms with Crippen LogP contribution in [-0.2, 0) is 6.54 Å². The normalized spacial score (nSPS) is 10.8. The minimum Gasteiger partial charge on any atom is -0.267 e. The summed E-state index contributed by atoms with van der Waals surface area (Å²) in [5, 5.41) is 20.6. The van der Waals surface area contributed by atoms with Crippen LogP contribution in [-0.4, -0.2) is 19.9 Å². The van der Waals surface area contributed by atoms with Crippen LogP contribution in [0.2, 0.25) is 0 Å². The minimum atomic E-state index is -0.455. The van der Waals surface area contributed by atoms with Gasteiger partial charge in [-0.15, -0.1) is 5.10 Å². The van der Waals surface area contributed by atoms with Crippen LogP contribution in [0.5, 0.6) is 0 Å². The molecular formula is C12H8N4O3S. The van der Waals surface area contributed by atoms with Crippen LogP contribution < -0.4 is 5.56 Å². The van der Waals surface area contributed by atoms with Crippen LogP contribution in [0.25, 0.3) is 10.9 Å². The zero-order valence-electron chi connectivity index (χ0n) is 10.1. The van der Waals surface area contributed by atoms with Crippen molar-refractivity contribution < 1.29 is 4.92 Å². The van der Waals surface area contributed by atoms with E-state index in [2.05, 4.69) is 10.3 Å². The van der Waals surface area contributed by atoms with Crippen LogP contribution in [0.15, 0.2) is 40.5 Å². The van der Waals surface area contributed by atoms with Crippen molar-refractivity contribution >= 4 is 27.2 Å². The lowest BCUT2D eigenvalue weighted by molar-refractivity contribution is -0.380. The fourth-order valence-corrected chi connectivity index (χ4v) is 2.56. The van der Waals surface area contributed by atoms with E-state index >= 15 is 0 Å². The maximum atomic E-state index is 12.2. The molecule has 100 valence electrons. The lowest BCUT2D eigenvalue weighted by atomic mass is 10.2. The smallest absolute Gasteiger partial charge is 0.267 e. The Hall–Kier alpha value is -2.61. The van der Waals surface area contributed by atoms with Gasteiger partial charge in [0.25, 0.3) is 5.56 Å². The Bertz CT molecular complexity index is 855. The Labute approximate surface area is 116 Å². The maximum Gasteiger partial charge on any atom is 0.324 e. The molecule has 0 fully saturated rings. The first kappa shape index (κ1) is 12.4. The Kier molecular flexibility index (Phi) is 2.99. The van der Waals surface area contributed by atoms with Gasteiger partial charge in [-0.05, 0) is 17.7 Å². The molecule has 0 saturated heterocycles. The molecule has 0 aliphatic carbocycles. The molecule has 0 aliphatic rings. The van der Waals surface area contributed by atoms with E-state index < -0.39 is 4.92 Å². The molecule has 2 aromatic heterocycles. The lowest BCUT2D eigenvalue weighted by Gasteiger charge is -2.02. The highest BCUT2D eigenvalue weighted by Crippen LogP contribution is 2.22. The van der Waals surface area contributed by atoms with Crippen molar-refractivity contribution in [3.8, 4) is 0 Å². The summed E-state index contributed by atoms with van der Waals surface area (Å²) in [5.74, 6) is 0. The Morgan fingerprint density at radius 3 is 2.90 bits per heavy atom. The SMILES string of the molecule is O=c1c2ccccc2nnn1Cc1csc([N+](=O)[O-])c1. The van der Waals surface area contributed by atoms with E-state index in [1.807, 2.05) is 0 Å². The van der Waals surface area contributed by atoms with Crippen molar-refractivity contribution in [2.24, 2.45) is 0 Å². The third kappa shape index (κ3) is 2.16. The summed E-state index contributed by atoms with van der Waals surface area (Å²) >= 11 is 1.02. The molecule has 7 nitrogen and oxygen atoms in total. The molecule has 0 radical (unpaired) electrons. The van der Waals surface area contributed by atoms with Crippen molar-refractivity contribution in [1.29, 1.82) is 0 Å². The highest BCUT2D eigenvalue weighted by Gasteiger charge is 2.11. The Morgan fingerprint density at radius 1 is 1.35 bits per heavy atom. The molecule has 3 rings (SSSR count). The molecule has 3 aromatic rings. The molecular weight excluding hydrogens is 280 g/mol. The molecule has 0 aliphatic heterocycles. The quantitative estimate of drug-likeness (QED) is 0.541. The van der Waals surface area contributed by atoms with Crippen LogP contribution in [0.3, 0.4) is 0 Å². The highest BCUT2D eigenvalue weighted by atomic mass is 32.1. The molecule has 8 heteroatoms. The van der Waals surface area contributed by atoms with E-state index in [0.29, 0.717) is 16.5 Å². The lowest BCUT2D eigenvalue weighted by Crippen LogP contribution is -2.24. The molecule has 0 spiro atoms. The number of fused-ring (bicyclic) bond motifs is 1. The van der Waals surface area contributed by atoms with Gasteiger partial charge in [0.1, 0.15) is 5.52 Å². The molecule has 1 aromatic carbocycles. The van der Waals surface area contributed by atoms with Gasteiger partial charge in [-0.1, -0.05) is 28.7 Å². The summed E-state index contributed by atoms with van der Waals surface area (Å²) in [7, 11) is 0. The van der Waals surface area contributed by atoms with E-state index in [1.165, 1.54) is 10.7 Å². The second kappa shape index (κ2) is 4.82. The summed E-state index contributed by atoms with van der Waals surface area (Å²) in [6.45, 7) is 0.168. The summed E-state index contributed by atoms with van der Waals surface area (Å²) in [4.78, 5) is 22.4. The number of thiophene rings is 1. The standard InChI is InChI=1S/C12H8N4O3S/c17-12-9-3-1-2-4-10(9)13-14-15(12)6-8-5-11(16(18)19)20-7-8/h1-5,7H,6H2. The van der Waals surface area contributed by atoms with Crippen molar-refractivity contribution in [1.82, 2.24) is 15.0 Å². The third-order valence-corrected chi connectivity index (χ3v) is 3.71. The summed E-state index contributed by atoms with van der Waals surface area (Å²) in [5.41, 5.74) is 0.933. The van der Waals surface area contributed by atoms with Crippen LogP contribution in [0.1, 0.15) is 5.56 Å². The first-order valence-corrected chi connectivity index (χ1v) is 6.57. The molecule has 0 amide bonds. The van der Waals surface area contributed by atoms with Gasteiger partial charge in [0, 0.05) is 11.4 Å². The topological polar surface area (TPSA) is 90.9 Å². The maximum absolute atomic E-state index is 12.2. The molecule has 0 saturated carbocycles. The number of hydrogen-bond donors (Lipinski definition) is 0. The van der Waals surface area contributed by atoms with Gasteiger partial charge in [0.2, 0.25) is 0 Å². The molecule has 20 heavy (non-hydrogen) atoms. The van der Waals surface area contributed by atoms with Crippen LogP contribution in [0.4, 0.5) is 5.00 Å². The van der Waals surface area contributed by atoms with Gasteiger partial charge in [0.05, 0.1) is 16.9 Å². The predicted molar refractivity (Wildman–Crippen MR) is 73.9 cm³/mol. The number of rotatable bonds is 3. The van der Waals surface area contributed by atoms with E-state index in [4.69, 9.17) is 0 Å². The predicted octanol–water partition coefficient (Wildman–Crippen LogP) is 1.81. The number of benzene rings is 1. The van der Waals surface area contributed by atoms with Gasteiger partial charge in [0.15, 0.2) is 0 Å². The zero-order valence-corrected chi connectivity index (χ0v) is 10.9. The second-order valence-electron chi connectivity index (χ2n) is 4.12. The summed E-state index contributed by atoms with van der Waals surface area (Å²) in [6.07, 6.45) is 0. The van der Waals surface area contributed by atoms with Gasteiger partial charge in [-0.2, -0.15) is 0 Å². The molecule has 0 bridgehead atoms. The fraction of sp³-hybridized carbons (Fsp3) is 0.0833. The Morgan fingerprint density at radius 2 is 2.15 bits per heavy atom. The van der Waals surface area contributed by atoms with E-state index in [-0.39, 0.29) is 17.1 Å². The summed E-state index contributed by atoms with van der Waals surface area (Å²) < 4.78 is 1.20. The molecule has 0 atom stereocenters. The fourth-order valence-electron chi connectivity index (χ4n) is 1.84. The highest BCUT2D eigenvalue weighted by molar-refractivity contribution is 7.13. The molecule has 2 heterocycles. The average Bonchev–Trinajstić information content (AvgIpc) is 2.91. The summed E-state index contributed by atoms with van der Waals surface area (Å²) in [6, 6.07) is 8.37. The van der Waals surface area contributed by atoms with Gasteiger partial charge >= 0.3 is 5.00 Å². The first-order chi connectivity index (χ1) is 9.65. The Balaban J connectivity index is 2.00. The van der Waals surface area contributed by atoms with Crippen molar-refractivity contribution in [2.45, 2.75) is 6.54 Å². The third-order valence-electron chi connectivity index (χ3n) is 2.78. The number of hydrogen-bond acceptors (Lipinski definition) is 6. The van der Waals surface area contributed by atoms with Crippen molar-refractivity contribution in [3.05, 3.63) is 61.7 Å². The second-order valence-corrected chi connectivity index (χ2v) is 5.01. The number of nitro groups is 1. The van der Waals surface area contributed by atoms with E-state index in [1.54, 1.807) is 29.6 Å². The van der Waals surface area contributed by atoms with Crippen molar-refractivity contribution in [2.75, 3.05) is 0 Å². The van der Waals surface area contributed by atoms with Crippen LogP contribution >= 0.6 is 11.3 Å². The monoisotopic (exact) mass is 288 g/mol. The molecule has 0 N–H and O–H groups in total. The largest absolute Gasteiger partial charge is 0.324 e. The van der Waals surface area contributed by atoms with E-state index in [0.717, 1.165) is 11.3 Å². The van der Waals surface area contributed by atoms with E-state index in [9.17, 15) is 14.9 Å². The number of aromatic nitrogens is 3. The van der Waals surface area contributed by atoms with Crippen LogP contribution in [0, 0.1) is 10.1 Å².